The van der Waals surface area contributed by atoms with Gasteiger partial charge in [0.05, 0.1) is 18.1 Å². The summed E-state index contributed by atoms with van der Waals surface area (Å²) in [7, 11) is -3.51. The fourth-order valence-electron chi connectivity index (χ4n) is 1.91. The molecule has 0 saturated heterocycles. The highest BCUT2D eigenvalue weighted by Gasteiger charge is 2.26. The lowest BCUT2D eigenvalue weighted by Gasteiger charge is -2.19. The minimum absolute atomic E-state index is 0.271. The molecular formula is C14H17ClN2O2S2. The average Bonchev–Trinajstić information content (AvgIpc) is 2.87. The van der Waals surface area contributed by atoms with E-state index < -0.39 is 10.0 Å². The van der Waals surface area contributed by atoms with Gasteiger partial charge in [0, 0.05) is 17.6 Å². The highest BCUT2D eigenvalue weighted by atomic mass is 35.5. The highest BCUT2D eigenvalue weighted by molar-refractivity contribution is 7.91. The maximum Gasteiger partial charge on any atom is 0.252 e. The molecule has 2 rings (SSSR count). The number of sulfonamides is 1. The number of pyridine rings is 1. The van der Waals surface area contributed by atoms with Gasteiger partial charge < -0.3 is 0 Å². The van der Waals surface area contributed by atoms with Crippen molar-refractivity contribution in [1.82, 2.24) is 9.29 Å². The molecule has 0 aliphatic rings. The molecule has 0 radical (unpaired) electrons. The van der Waals surface area contributed by atoms with Gasteiger partial charge in [-0.05, 0) is 30.7 Å². The number of halogens is 1. The molecule has 0 aliphatic heterocycles. The van der Waals surface area contributed by atoms with Crippen LogP contribution >= 0.6 is 22.9 Å². The molecule has 4 nitrogen and oxygen atoms in total. The summed E-state index contributed by atoms with van der Waals surface area (Å²) in [6.45, 7) is 4.37. The molecule has 0 amide bonds. The Labute approximate surface area is 134 Å². The van der Waals surface area contributed by atoms with Crippen LogP contribution in [0.5, 0.6) is 0 Å². The van der Waals surface area contributed by atoms with Crippen molar-refractivity contribution in [2.45, 2.75) is 30.5 Å². The topological polar surface area (TPSA) is 50.3 Å². The van der Waals surface area contributed by atoms with Crippen LogP contribution in [0, 0.1) is 6.92 Å². The Morgan fingerprint density at radius 3 is 2.67 bits per heavy atom. The van der Waals surface area contributed by atoms with Crippen LogP contribution in [-0.4, -0.2) is 24.3 Å². The summed E-state index contributed by atoms with van der Waals surface area (Å²) in [4.78, 5) is 5.08. The molecule has 2 aromatic rings. The van der Waals surface area contributed by atoms with E-state index >= 15 is 0 Å². The van der Waals surface area contributed by atoms with Gasteiger partial charge in [0.2, 0.25) is 0 Å². The van der Waals surface area contributed by atoms with Gasteiger partial charge in [0.25, 0.3) is 10.0 Å². The standard InChI is InChI=1S/C14H17ClN2O2S2/c1-3-17(10-12-6-4-5-7-16-12)21(18,19)14-8-11(2)13(9-15)20-14/h4-8H,3,9-10H2,1-2H3. The second-order valence-corrected chi connectivity index (χ2v) is 8.13. The maximum absolute atomic E-state index is 12.7. The van der Waals surface area contributed by atoms with Crippen molar-refractivity contribution in [2.75, 3.05) is 6.54 Å². The van der Waals surface area contributed by atoms with E-state index in [0.717, 1.165) is 16.1 Å². The molecule has 21 heavy (non-hydrogen) atoms. The molecule has 0 aromatic carbocycles. The number of aryl methyl sites for hydroxylation is 1. The largest absolute Gasteiger partial charge is 0.260 e. The molecule has 0 spiro atoms. The monoisotopic (exact) mass is 344 g/mol. The second-order valence-electron chi connectivity index (χ2n) is 4.56. The zero-order valence-corrected chi connectivity index (χ0v) is 14.3. The minimum atomic E-state index is -3.51. The summed E-state index contributed by atoms with van der Waals surface area (Å²) < 4.78 is 27.2. The maximum atomic E-state index is 12.7. The van der Waals surface area contributed by atoms with Crippen molar-refractivity contribution in [3.8, 4) is 0 Å². The number of rotatable bonds is 6. The Morgan fingerprint density at radius 1 is 1.38 bits per heavy atom. The minimum Gasteiger partial charge on any atom is -0.260 e. The first kappa shape index (κ1) is 16.4. The van der Waals surface area contributed by atoms with Crippen LogP contribution in [0.2, 0.25) is 0 Å². The fraction of sp³-hybridized carbons (Fsp3) is 0.357. The predicted molar refractivity (Wildman–Crippen MR) is 86.1 cm³/mol. The average molecular weight is 345 g/mol. The van der Waals surface area contributed by atoms with Crippen LogP contribution in [-0.2, 0) is 22.4 Å². The van der Waals surface area contributed by atoms with E-state index in [1.807, 2.05) is 32.0 Å². The van der Waals surface area contributed by atoms with Crippen molar-refractivity contribution in [3.05, 3.63) is 46.6 Å². The molecule has 0 unspecified atom stereocenters. The SMILES string of the molecule is CCN(Cc1ccccn1)S(=O)(=O)c1cc(C)c(CCl)s1. The van der Waals surface area contributed by atoms with Gasteiger partial charge in [-0.3, -0.25) is 4.98 Å². The van der Waals surface area contributed by atoms with Crippen molar-refractivity contribution in [3.63, 3.8) is 0 Å². The summed E-state index contributed by atoms with van der Waals surface area (Å²) in [6.07, 6.45) is 1.66. The first-order valence-electron chi connectivity index (χ1n) is 6.54. The molecule has 0 aliphatic carbocycles. The fourth-order valence-corrected chi connectivity index (χ4v) is 5.30. The molecule has 0 saturated carbocycles. The van der Waals surface area contributed by atoms with Crippen molar-refractivity contribution in [2.24, 2.45) is 0 Å². The predicted octanol–water partition coefficient (Wildman–Crippen LogP) is 3.40. The zero-order chi connectivity index (χ0) is 15.5. The van der Waals surface area contributed by atoms with E-state index in [-0.39, 0.29) is 6.54 Å². The van der Waals surface area contributed by atoms with Crippen molar-refractivity contribution >= 4 is 33.0 Å². The number of thiophene rings is 1. The van der Waals surface area contributed by atoms with E-state index in [1.54, 1.807) is 12.3 Å². The van der Waals surface area contributed by atoms with Crippen LogP contribution in [0.15, 0.2) is 34.7 Å². The van der Waals surface area contributed by atoms with Gasteiger partial charge in [0.15, 0.2) is 0 Å². The van der Waals surface area contributed by atoms with Gasteiger partial charge in [-0.15, -0.1) is 22.9 Å². The number of nitrogens with zero attached hydrogens (tertiary/aromatic N) is 2. The summed E-state index contributed by atoms with van der Waals surface area (Å²) in [5, 5.41) is 0. The second kappa shape index (κ2) is 6.87. The summed E-state index contributed by atoms with van der Waals surface area (Å²) in [5.41, 5.74) is 1.65. The van der Waals surface area contributed by atoms with Gasteiger partial charge >= 0.3 is 0 Å². The van der Waals surface area contributed by atoms with Crippen LogP contribution < -0.4 is 0 Å². The van der Waals surface area contributed by atoms with Gasteiger partial charge in [-0.1, -0.05) is 13.0 Å². The van der Waals surface area contributed by atoms with Crippen molar-refractivity contribution in [1.29, 1.82) is 0 Å². The highest BCUT2D eigenvalue weighted by Crippen LogP contribution is 2.30. The van der Waals surface area contributed by atoms with Crippen molar-refractivity contribution < 1.29 is 8.42 Å². The molecule has 2 heterocycles. The Hall–Kier alpha value is -0.950. The molecular weight excluding hydrogens is 328 g/mol. The van der Waals surface area contributed by atoms with Crippen LogP contribution in [0.4, 0.5) is 0 Å². The number of alkyl halides is 1. The zero-order valence-electron chi connectivity index (χ0n) is 11.9. The van der Waals surface area contributed by atoms with Gasteiger partial charge in [0.1, 0.15) is 4.21 Å². The van der Waals surface area contributed by atoms with Crippen LogP contribution in [0.1, 0.15) is 23.1 Å². The van der Waals surface area contributed by atoms with Gasteiger partial charge in [-0.2, -0.15) is 4.31 Å². The van der Waals surface area contributed by atoms with Gasteiger partial charge in [-0.25, -0.2) is 8.42 Å². The number of aromatic nitrogens is 1. The third-order valence-corrected chi connectivity index (χ3v) is 7.16. The molecule has 114 valence electrons. The smallest absolute Gasteiger partial charge is 0.252 e. The molecule has 0 atom stereocenters. The molecule has 0 N–H and O–H groups in total. The molecule has 2 aromatic heterocycles. The van der Waals surface area contributed by atoms with E-state index in [1.165, 1.54) is 15.6 Å². The normalized spacial score (nSPS) is 12.0. The van der Waals surface area contributed by atoms with Crippen LogP contribution in [0.3, 0.4) is 0 Å². The Bertz CT molecular complexity index is 699. The molecule has 0 bridgehead atoms. The first-order chi connectivity index (χ1) is 9.98. The van der Waals surface area contributed by atoms with E-state index in [0.29, 0.717) is 16.6 Å². The third-order valence-electron chi connectivity index (χ3n) is 3.13. The Balaban J connectivity index is 2.31. The Morgan fingerprint density at radius 2 is 2.14 bits per heavy atom. The number of hydrogen-bond acceptors (Lipinski definition) is 4. The summed E-state index contributed by atoms with van der Waals surface area (Å²) in [5.74, 6) is 0.332. The number of hydrogen-bond donors (Lipinski definition) is 0. The third kappa shape index (κ3) is 3.63. The van der Waals surface area contributed by atoms with E-state index in [9.17, 15) is 8.42 Å². The summed E-state index contributed by atoms with van der Waals surface area (Å²) >= 11 is 7.07. The lowest BCUT2D eigenvalue weighted by atomic mass is 10.3. The molecule has 7 heteroatoms. The Kier molecular flexibility index (Phi) is 5.37. The van der Waals surface area contributed by atoms with E-state index in [4.69, 9.17) is 11.6 Å². The lowest BCUT2D eigenvalue weighted by Crippen LogP contribution is -2.30. The van der Waals surface area contributed by atoms with Crippen LogP contribution in [0.25, 0.3) is 0 Å². The first-order valence-corrected chi connectivity index (χ1v) is 9.33. The molecule has 0 fully saturated rings. The van der Waals surface area contributed by atoms with E-state index in [2.05, 4.69) is 4.98 Å². The quantitative estimate of drug-likeness (QED) is 0.754. The summed E-state index contributed by atoms with van der Waals surface area (Å²) in [6, 6.07) is 7.17. The lowest BCUT2D eigenvalue weighted by molar-refractivity contribution is 0.420.